The Morgan fingerprint density at radius 1 is 1.12 bits per heavy atom. The topological polar surface area (TPSA) is 69.9 Å². The number of ether oxygens (including phenoxy) is 1. The Labute approximate surface area is 100 Å². The van der Waals surface area contributed by atoms with Gasteiger partial charge in [0.05, 0.1) is 18.8 Å². The molecule has 1 aliphatic rings. The quantitative estimate of drug-likeness (QED) is 0.701. The van der Waals surface area contributed by atoms with E-state index in [0.29, 0.717) is 0 Å². The number of hydrogen-bond acceptors (Lipinski definition) is 4. The van der Waals surface area contributed by atoms with Crippen molar-refractivity contribution in [3.05, 3.63) is 35.9 Å². The smallest absolute Gasteiger partial charge is 0.109 e. The van der Waals surface area contributed by atoms with Gasteiger partial charge in [0, 0.05) is 5.92 Å². The third kappa shape index (κ3) is 2.35. The normalized spacial score (nSPS) is 38.0. The Morgan fingerprint density at radius 3 is 2.35 bits per heavy atom. The highest BCUT2D eigenvalue weighted by Gasteiger charge is 2.42. The van der Waals surface area contributed by atoms with Crippen LogP contribution in [-0.2, 0) is 4.74 Å². The second-order valence-corrected chi connectivity index (χ2v) is 4.53. The minimum absolute atomic E-state index is 0.248. The first-order valence-electron chi connectivity index (χ1n) is 5.82. The van der Waals surface area contributed by atoms with Gasteiger partial charge in [0.1, 0.15) is 12.2 Å². The summed E-state index contributed by atoms with van der Waals surface area (Å²) in [5.41, 5.74) is 0.859. The van der Waals surface area contributed by atoms with Crippen LogP contribution in [0, 0.1) is 5.92 Å². The van der Waals surface area contributed by atoms with E-state index in [9.17, 15) is 10.2 Å². The molecule has 0 radical (unpaired) electrons. The lowest BCUT2D eigenvalue weighted by Crippen LogP contribution is -2.50. The molecule has 0 spiro atoms. The lowest BCUT2D eigenvalue weighted by molar-refractivity contribution is -0.207. The van der Waals surface area contributed by atoms with Gasteiger partial charge in [0.25, 0.3) is 0 Å². The third-order valence-electron chi connectivity index (χ3n) is 3.40. The Bertz CT molecular complexity index is 352. The van der Waals surface area contributed by atoms with E-state index >= 15 is 0 Å². The minimum Gasteiger partial charge on any atom is -0.394 e. The fraction of sp³-hybridized carbons (Fsp3) is 0.538. The molecule has 0 aromatic heterocycles. The lowest BCUT2D eigenvalue weighted by Gasteiger charge is -2.41. The largest absolute Gasteiger partial charge is 0.394 e. The Balaban J connectivity index is 2.23. The first-order chi connectivity index (χ1) is 8.15. The Morgan fingerprint density at radius 2 is 1.76 bits per heavy atom. The van der Waals surface area contributed by atoms with Crippen LogP contribution in [0.4, 0.5) is 0 Å². The standard InChI is InChI=1S/C13H18O4/c1-8-11(15)10(7-14)17-13(12(8)16)9-5-3-2-4-6-9/h2-6,8,10-16H,7H2,1H3/t8-,10+,11-,12-,13+/m0/s1. The summed E-state index contributed by atoms with van der Waals surface area (Å²) in [6.07, 6.45) is -2.74. The predicted molar refractivity (Wildman–Crippen MR) is 62.3 cm³/mol. The maximum atomic E-state index is 10.1. The number of hydrogen-bond donors (Lipinski definition) is 3. The number of rotatable bonds is 2. The average Bonchev–Trinajstić information content (AvgIpc) is 2.37. The van der Waals surface area contributed by atoms with Crippen molar-refractivity contribution in [2.75, 3.05) is 6.61 Å². The fourth-order valence-electron chi connectivity index (χ4n) is 2.24. The molecule has 17 heavy (non-hydrogen) atoms. The van der Waals surface area contributed by atoms with Gasteiger partial charge in [-0.05, 0) is 5.56 Å². The maximum Gasteiger partial charge on any atom is 0.109 e. The van der Waals surface area contributed by atoms with Crippen LogP contribution in [0.3, 0.4) is 0 Å². The summed E-state index contributed by atoms with van der Waals surface area (Å²) >= 11 is 0. The molecule has 3 N–H and O–H groups in total. The van der Waals surface area contributed by atoms with Gasteiger partial charge in [0.2, 0.25) is 0 Å². The molecular weight excluding hydrogens is 220 g/mol. The van der Waals surface area contributed by atoms with Crippen LogP contribution >= 0.6 is 0 Å². The summed E-state index contributed by atoms with van der Waals surface area (Å²) in [7, 11) is 0. The van der Waals surface area contributed by atoms with E-state index in [4.69, 9.17) is 9.84 Å². The van der Waals surface area contributed by atoms with Crippen molar-refractivity contribution in [3.8, 4) is 0 Å². The molecule has 1 saturated heterocycles. The second-order valence-electron chi connectivity index (χ2n) is 4.53. The van der Waals surface area contributed by atoms with Gasteiger partial charge in [-0.25, -0.2) is 0 Å². The zero-order valence-corrected chi connectivity index (χ0v) is 9.73. The number of benzene rings is 1. The van der Waals surface area contributed by atoms with Gasteiger partial charge >= 0.3 is 0 Å². The highest BCUT2D eigenvalue weighted by molar-refractivity contribution is 5.20. The van der Waals surface area contributed by atoms with Crippen LogP contribution in [0.5, 0.6) is 0 Å². The van der Waals surface area contributed by atoms with Crippen LogP contribution in [0.1, 0.15) is 18.6 Å². The highest BCUT2D eigenvalue weighted by Crippen LogP contribution is 2.35. The highest BCUT2D eigenvalue weighted by atomic mass is 16.5. The fourth-order valence-corrected chi connectivity index (χ4v) is 2.24. The SMILES string of the molecule is C[C@@H]1[C@H](O)[C@@H](c2ccccc2)O[C@H](CO)[C@H]1O. The van der Waals surface area contributed by atoms with Gasteiger partial charge in [0.15, 0.2) is 0 Å². The maximum absolute atomic E-state index is 10.1. The number of aliphatic hydroxyl groups is 3. The molecule has 1 heterocycles. The van der Waals surface area contributed by atoms with Crippen molar-refractivity contribution >= 4 is 0 Å². The van der Waals surface area contributed by atoms with E-state index in [1.165, 1.54) is 0 Å². The molecular formula is C13H18O4. The van der Waals surface area contributed by atoms with Crippen LogP contribution < -0.4 is 0 Å². The van der Waals surface area contributed by atoms with Crippen molar-refractivity contribution in [1.82, 2.24) is 0 Å². The molecule has 0 saturated carbocycles. The zero-order valence-electron chi connectivity index (χ0n) is 9.73. The average molecular weight is 238 g/mol. The molecule has 1 fully saturated rings. The summed E-state index contributed by atoms with van der Waals surface area (Å²) in [5.74, 6) is -0.328. The van der Waals surface area contributed by atoms with Gasteiger partial charge in [-0.3, -0.25) is 0 Å². The molecule has 4 nitrogen and oxygen atoms in total. The first kappa shape index (κ1) is 12.5. The van der Waals surface area contributed by atoms with E-state index < -0.39 is 24.4 Å². The summed E-state index contributed by atoms with van der Waals surface area (Å²) in [5, 5.41) is 29.1. The predicted octanol–water partition coefficient (Wildman–Crippen LogP) is 0.477. The minimum atomic E-state index is -0.838. The van der Waals surface area contributed by atoms with Crippen LogP contribution in [-0.4, -0.2) is 40.2 Å². The molecule has 1 aliphatic heterocycles. The monoisotopic (exact) mass is 238 g/mol. The Kier molecular flexibility index (Phi) is 3.79. The zero-order chi connectivity index (χ0) is 12.4. The van der Waals surface area contributed by atoms with E-state index in [1.54, 1.807) is 6.92 Å². The summed E-state index contributed by atoms with van der Waals surface area (Å²) in [6.45, 7) is 1.51. The van der Waals surface area contributed by atoms with Crippen LogP contribution in [0.25, 0.3) is 0 Å². The lowest BCUT2D eigenvalue weighted by atomic mass is 9.85. The number of aliphatic hydroxyl groups excluding tert-OH is 3. The molecule has 94 valence electrons. The van der Waals surface area contributed by atoms with Gasteiger partial charge < -0.3 is 20.1 Å². The van der Waals surface area contributed by atoms with Crippen molar-refractivity contribution in [1.29, 1.82) is 0 Å². The van der Waals surface area contributed by atoms with Crippen molar-refractivity contribution in [3.63, 3.8) is 0 Å². The first-order valence-corrected chi connectivity index (χ1v) is 5.82. The molecule has 4 heteroatoms. The summed E-state index contributed by atoms with van der Waals surface area (Å²) < 4.78 is 5.57. The van der Waals surface area contributed by atoms with E-state index in [-0.39, 0.29) is 12.5 Å². The van der Waals surface area contributed by atoms with Crippen LogP contribution in [0.2, 0.25) is 0 Å². The van der Waals surface area contributed by atoms with Gasteiger partial charge in [-0.1, -0.05) is 37.3 Å². The molecule has 0 unspecified atom stereocenters. The molecule has 2 rings (SSSR count). The molecule has 1 aromatic carbocycles. The van der Waals surface area contributed by atoms with E-state index in [0.717, 1.165) is 5.56 Å². The molecule has 0 amide bonds. The summed E-state index contributed by atoms with van der Waals surface area (Å²) in [4.78, 5) is 0. The third-order valence-corrected chi connectivity index (χ3v) is 3.40. The summed E-state index contributed by atoms with van der Waals surface area (Å²) in [6, 6.07) is 9.37. The van der Waals surface area contributed by atoms with E-state index in [2.05, 4.69) is 0 Å². The molecule has 0 aliphatic carbocycles. The molecule has 1 aromatic rings. The second kappa shape index (κ2) is 5.14. The molecule has 5 atom stereocenters. The molecule has 0 bridgehead atoms. The van der Waals surface area contributed by atoms with E-state index in [1.807, 2.05) is 30.3 Å². The van der Waals surface area contributed by atoms with Crippen LogP contribution in [0.15, 0.2) is 30.3 Å². The van der Waals surface area contributed by atoms with Crippen molar-refractivity contribution in [2.45, 2.75) is 31.3 Å². The van der Waals surface area contributed by atoms with Gasteiger partial charge in [-0.2, -0.15) is 0 Å². The van der Waals surface area contributed by atoms with Gasteiger partial charge in [-0.15, -0.1) is 0 Å². The van der Waals surface area contributed by atoms with Crippen molar-refractivity contribution < 1.29 is 20.1 Å². The van der Waals surface area contributed by atoms with Crippen molar-refractivity contribution in [2.24, 2.45) is 5.92 Å². The Hall–Kier alpha value is -0.940.